The third-order valence-corrected chi connectivity index (χ3v) is 4.51. The van der Waals surface area contributed by atoms with Crippen LogP contribution >= 0.6 is 11.6 Å². The Bertz CT molecular complexity index is 929. The zero-order chi connectivity index (χ0) is 20.2. The molecule has 27 heavy (non-hydrogen) atoms. The normalized spacial score (nSPS) is 10.7. The number of esters is 1. The summed E-state index contributed by atoms with van der Waals surface area (Å²) < 4.78 is 24.4. The van der Waals surface area contributed by atoms with Crippen molar-refractivity contribution < 1.29 is 18.7 Å². The highest BCUT2D eigenvalue weighted by molar-refractivity contribution is 6.83. The summed E-state index contributed by atoms with van der Waals surface area (Å²) in [4.78, 5) is 12.1. The number of nitrogens with two attached hydrogens (primary N) is 1. The molecule has 2 N–H and O–H groups in total. The summed E-state index contributed by atoms with van der Waals surface area (Å²) in [6.07, 6.45) is 0. The first-order valence-electron chi connectivity index (χ1n) is 8.37. The first-order chi connectivity index (χ1) is 12.6. The Balaban J connectivity index is 2.47. The summed E-state index contributed by atoms with van der Waals surface area (Å²) in [5, 5.41) is 0.227. The van der Waals surface area contributed by atoms with Crippen LogP contribution in [0.15, 0.2) is 30.3 Å². The molecule has 0 spiro atoms. The molecule has 4 nitrogen and oxygen atoms in total. The fourth-order valence-corrected chi connectivity index (χ4v) is 2.81. The molecule has 0 amide bonds. The van der Waals surface area contributed by atoms with E-state index in [1.54, 1.807) is 13.0 Å². The highest BCUT2D eigenvalue weighted by atomic mass is 35.5. The van der Waals surface area contributed by atoms with Crippen molar-refractivity contribution in [3.05, 3.63) is 52.3 Å². The highest BCUT2D eigenvalue weighted by Crippen LogP contribution is 2.35. The van der Waals surface area contributed by atoms with Crippen LogP contribution < -0.4 is 10.5 Å². The van der Waals surface area contributed by atoms with Crippen molar-refractivity contribution in [1.29, 1.82) is 0 Å². The third kappa shape index (κ3) is 5.74. The van der Waals surface area contributed by atoms with Gasteiger partial charge in [-0.05, 0) is 25.1 Å². The van der Waals surface area contributed by atoms with Gasteiger partial charge in [0, 0.05) is 17.8 Å². The number of hydrogen-bond donors (Lipinski definition) is 1. The van der Waals surface area contributed by atoms with Crippen molar-refractivity contribution in [2.45, 2.75) is 26.6 Å². The molecule has 7 heteroatoms. The Hall–Kier alpha value is -2.49. The predicted molar refractivity (Wildman–Crippen MR) is 109 cm³/mol. The lowest BCUT2D eigenvalue weighted by atomic mass is 10.1. The van der Waals surface area contributed by atoms with Crippen LogP contribution in [-0.4, -0.2) is 20.7 Å². The van der Waals surface area contributed by atoms with E-state index in [1.807, 2.05) is 0 Å². The average molecular weight is 406 g/mol. The molecule has 0 aliphatic rings. The molecule has 0 saturated carbocycles. The maximum atomic E-state index is 13.7. The number of ether oxygens (including phenoxy) is 2. The zero-order valence-corrected chi connectivity index (χ0v) is 17.4. The Kier molecular flexibility index (Phi) is 6.53. The molecule has 0 aromatic heterocycles. The molecule has 2 aromatic carbocycles. The number of anilines is 1. The van der Waals surface area contributed by atoms with E-state index >= 15 is 0 Å². The molecule has 2 rings (SSSR count). The van der Waals surface area contributed by atoms with E-state index in [2.05, 4.69) is 31.1 Å². The van der Waals surface area contributed by atoms with E-state index in [9.17, 15) is 9.18 Å². The second-order valence-corrected chi connectivity index (χ2v) is 12.0. The zero-order valence-electron chi connectivity index (χ0n) is 15.7. The first kappa shape index (κ1) is 20.8. The minimum Gasteiger partial charge on any atom is -0.462 e. The average Bonchev–Trinajstić information content (AvgIpc) is 2.55. The molecule has 0 heterocycles. The summed E-state index contributed by atoms with van der Waals surface area (Å²) >= 11 is 6.22. The van der Waals surface area contributed by atoms with Gasteiger partial charge in [-0.25, -0.2) is 9.18 Å². The van der Waals surface area contributed by atoms with Gasteiger partial charge in [0.2, 0.25) is 0 Å². The van der Waals surface area contributed by atoms with Gasteiger partial charge < -0.3 is 15.2 Å². The fourth-order valence-electron chi connectivity index (χ4n) is 2.09. The molecule has 0 aliphatic heterocycles. The first-order valence-corrected chi connectivity index (χ1v) is 12.2. The minimum atomic E-state index is -1.61. The molecule has 142 valence electrons. The van der Waals surface area contributed by atoms with Gasteiger partial charge in [-0.2, -0.15) is 0 Å². The van der Waals surface area contributed by atoms with E-state index in [0.29, 0.717) is 11.3 Å². The number of hydrogen-bond acceptors (Lipinski definition) is 4. The molecule has 0 fully saturated rings. The van der Waals surface area contributed by atoms with Crippen LogP contribution in [0.5, 0.6) is 11.5 Å². The predicted octanol–water partition coefficient (Wildman–Crippen LogP) is 5.26. The quantitative estimate of drug-likeness (QED) is 0.326. The van der Waals surface area contributed by atoms with Gasteiger partial charge >= 0.3 is 5.97 Å². The number of carbonyl (C=O) groups excluding carboxylic acids is 1. The Morgan fingerprint density at radius 3 is 2.56 bits per heavy atom. The Morgan fingerprint density at radius 2 is 1.93 bits per heavy atom. The maximum Gasteiger partial charge on any atom is 0.341 e. The number of nitrogen functional groups attached to an aromatic ring is 1. The van der Waals surface area contributed by atoms with Gasteiger partial charge in [-0.1, -0.05) is 37.2 Å². The second-order valence-electron chi connectivity index (χ2n) is 6.83. The lowest BCUT2D eigenvalue weighted by Crippen LogP contribution is -2.16. The van der Waals surface area contributed by atoms with Crippen LogP contribution in [0.25, 0.3) is 0 Å². The van der Waals surface area contributed by atoms with Gasteiger partial charge in [-0.15, -0.1) is 5.54 Å². The molecule has 2 aromatic rings. The van der Waals surface area contributed by atoms with Gasteiger partial charge in [0.15, 0.2) is 0 Å². The Morgan fingerprint density at radius 1 is 1.22 bits per heavy atom. The molecule has 0 aliphatic carbocycles. The van der Waals surface area contributed by atoms with Crippen LogP contribution in [-0.2, 0) is 4.74 Å². The minimum absolute atomic E-state index is 0.00391. The molecule has 0 atom stereocenters. The van der Waals surface area contributed by atoms with Gasteiger partial charge in [0.25, 0.3) is 0 Å². The third-order valence-electron chi connectivity index (χ3n) is 3.34. The van der Waals surface area contributed by atoms with Crippen molar-refractivity contribution in [1.82, 2.24) is 0 Å². The van der Waals surface area contributed by atoms with Crippen LogP contribution in [0.3, 0.4) is 0 Å². The summed E-state index contributed by atoms with van der Waals surface area (Å²) in [5.74, 6) is 2.12. The van der Waals surface area contributed by atoms with E-state index in [-0.39, 0.29) is 28.7 Å². The number of rotatable bonds is 4. The van der Waals surface area contributed by atoms with E-state index in [1.165, 1.54) is 12.1 Å². The standard InChI is InChI=1S/C20H21ClFNO3Si/c1-5-25-20(24)15-7-6-14(22)11-18(15)26-19-10-13(8-9-27(2,3)4)17(23)12-16(19)21/h6-7,10-12H,5,23H2,1-4H3. The largest absolute Gasteiger partial charge is 0.462 e. The van der Waals surface area contributed by atoms with Crippen molar-refractivity contribution >= 4 is 31.3 Å². The van der Waals surface area contributed by atoms with E-state index < -0.39 is 19.9 Å². The van der Waals surface area contributed by atoms with Crippen LogP contribution in [0.1, 0.15) is 22.8 Å². The summed E-state index contributed by atoms with van der Waals surface area (Å²) in [6, 6.07) is 6.68. The van der Waals surface area contributed by atoms with E-state index in [0.717, 1.165) is 12.1 Å². The smallest absolute Gasteiger partial charge is 0.341 e. The second kappa shape index (κ2) is 8.46. The van der Waals surface area contributed by atoms with Crippen LogP contribution in [0.4, 0.5) is 10.1 Å². The van der Waals surface area contributed by atoms with Crippen molar-refractivity contribution in [2.24, 2.45) is 0 Å². The Labute approximate surface area is 164 Å². The maximum absolute atomic E-state index is 13.7. The summed E-state index contributed by atoms with van der Waals surface area (Å²) in [6.45, 7) is 8.21. The molecule has 0 radical (unpaired) electrons. The van der Waals surface area contributed by atoms with Crippen LogP contribution in [0.2, 0.25) is 24.7 Å². The SMILES string of the molecule is CCOC(=O)c1ccc(F)cc1Oc1cc(C#C[Si](C)(C)C)c(N)cc1Cl. The van der Waals surface area contributed by atoms with Crippen LogP contribution in [0, 0.1) is 17.3 Å². The fraction of sp³-hybridized carbons (Fsp3) is 0.250. The van der Waals surface area contributed by atoms with Gasteiger partial charge in [-0.3, -0.25) is 0 Å². The van der Waals surface area contributed by atoms with Crippen molar-refractivity contribution in [2.75, 3.05) is 12.3 Å². The van der Waals surface area contributed by atoms with Crippen molar-refractivity contribution in [3.8, 4) is 23.0 Å². The number of carbonyl (C=O) groups is 1. The van der Waals surface area contributed by atoms with Gasteiger partial charge in [0.05, 0.1) is 17.2 Å². The molecule has 0 saturated heterocycles. The van der Waals surface area contributed by atoms with Gasteiger partial charge in [0.1, 0.15) is 31.0 Å². The number of benzene rings is 2. The molecular weight excluding hydrogens is 385 g/mol. The van der Waals surface area contributed by atoms with Crippen molar-refractivity contribution in [3.63, 3.8) is 0 Å². The summed E-state index contributed by atoms with van der Waals surface area (Å²) in [7, 11) is -1.61. The topological polar surface area (TPSA) is 61.5 Å². The number of halogens is 2. The lowest BCUT2D eigenvalue weighted by Gasteiger charge is -2.13. The molecular formula is C20H21ClFNO3Si. The van der Waals surface area contributed by atoms with E-state index in [4.69, 9.17) is 26.8 Å². The monoisotopic (exact) mass is 405 g/mol. The lowest BCUT2D eigenvalue weighted by molar-refractivity contribution is 0.0523. The highest BCUT2D eigenvalue weighted by Gasteiger charge is 2.17. The molecule has 0 bridgehead atoms. The molecule has 0 unspecified atom stereocenters. The summed E-state index contributed by atoms with van der Waals surface area (Å²) in [5.41, 5.74) is 10.3.